The highest BCUT2D eigenvalue weighted by molar-refractivity contribution is 5.15. The van der Waals surface area contributed by atoms with E-state index in [1.807, 2.05) is 0 Å². The van der Waals surface area contributed by atoms with Crippen LogP contribution in [-0.2, 0) is 6.42 Å². The standard InChI is InChI=1S/C19H30N2/c1-16-12-17(2)15-21(14-16)20-10-8-19(9-11-20)13-18-6-4-3-5-7-18/h3-7,16-17,19H,8-15H2,1-2H3. The van der Waals surface area contributed by atoms with Crippen molar-refractivity contribution in [3.05, 3.63) is 35.9 Å². The molecule has 0 aromatic heterocycles. The van der Waals surface area contributed by atoms with E-state index >= 15 is 0 Å². The van der Waals surface area contributed by atoms with Gasteiger partial charge in [0, 0.05) is 26.2 Å². The second-order valence-electron chi connectivity index (χ2n) is 7.40. The summed E-state index contributed by atoms with van der Waals surface area (Å²) in [5.74, 6) is 2.59. The fourth-order valence-corrected chi connectivity index (χ4v) is 4.21. The van der Waals surface area contributed by atoms with Crippen molar-refractivity contribution in [2.75, 3.05) is 26.2 Å². The molecule has 0 saturated carbocycles. The van der Waals surface area contributed by atoms with Crippen LogP contribution in [0.3, 0.4) is 0 Å². The number of benzene rings is 1. The van der Waals surface area contributed by atoms with Crippen molar-refractivity contribution in [2.45, 2.75) is 39.5 Å². The van der Waals surface area contributed by atoms with Crippen LogP contribution < -0.4 is 0 Å². The van der Waals surface area contributed by atoms with E-state index in [1.54, 1.807) is 0 Å². The van der Waals surface area contributed by atoms with E-state index in [0.29, 0.717) is 0 Å². The molecule has 21 heavy (non-hydrogen) atoms. The van der Waals surface area contributed by atoms with E-state index < -0.39 is 0 Å². The van der Waals surface area contributed by atoms with E-state index in [1.165, 1.54) is 57.4 Å². The van der Waals surface area contributed by atoms with Gasteiger partial charge in [-0.15, -0.1) is 0 Å². The Hall–Kier alpha value is -0.860. The summed E-state index contributed by atoms with van der Waals surface area (Å²) in [6.45, 7) is 9.88. The fourth-order valence-electron chi connectivity index (χ4n) is 4.21. The molecule has 0 N–H and O–H groups in total. The zero-order chi connectivity index (χ0) is 14.7. The molecule has 1 aromatic rings. The lowest BCUT2D eigenvalue weighted by atomic mass is 9.90. The number of hydrogen-bond acceptors (Lipinski definition) is 2. The van der Waals surface area contributed by atoms with Crippen LogP contribution in [0.2, 0.25) is 0 Å². The smallest absolute Gasteiger partial charge is 0.0159 e. The third-order valence-corrected chi connectivity index (χ3v) is 5.21. The molecule has 0 amide bonds. The quantitative estimate of drug-likeness (QED) is 0.833. The molecule has 2 aliphatic rings. The molecule has 2 fully saturated rings. The van der Waals surface area contributed by atoms with Crippen LogP contribution in [-0.4, -0.2) is 36.2 Å². The van der Waals surface area contributed by atoms with Crippen molar-refractivity contribution in [2.24, 2.45) is 17.8 Å². The SMILES string of the molecule is CC1CC(C)CN(N2CCC(Cc3ccccc3)CC2)C1. The number of hydrazine groups is 1. The van der Waals surface area contributed by atoms with Gasteiger partial charge in [-0.25, -0.2) is 10.0 Å². The molecule has 0 aliphatic carbocycles. The third kappa shape index (κ3) is 4.08. The number of nitrogens with zero attached hydrogens (tertiary/aromatic N) is 2. The summed E-state index contributed by atoms with van der Waals surface area (Å²) in [4.78, 5) is 0. The maximum Gasteiger partial charge on any atom is 0.0159 e. The van der Waals surface area contributed by atoms with Gasteiger partial charge in [-0.1, -0.05) is 44.2 Å². The van der Waals surface area contributed by atoms with Crippen molar-refractivity contribution in [1.29, 1.82) is 0 Å². The average Bonchev–Trinajstić information content (AvgIpc) is 2.48. The zero-order valence-electron chi connectivity index (χ0n) is 13.7. The Kier molecular flexibility index (Phi) is 4.97. The minimum Gasteiger partial charge on any atom is -0.242 e. The molecule has 0 spiro atoms. The first-order valence-electron chi connectivity index (χ1n) is 8.74. The van der Waals surface area contributed by atoms with Crippen LogP contribution in [0.1, 0.15) is 38.7 Å². The van der Waals surface area contributed by atoms with Crippen LogP contribution >= 0.6 is 0 Å². The second kappa shape index (κ2) is 6.93. The minimum atomic E-state index is 0.857. The van der Waals surface area contributed by atoms with Crippen LogP contribution in [0.4, 0.5) is 0 Å². The molecule has 3 rings (SSSR count). The maximum absolute atomic E-state index is 2.65. The van der Waals surface area contributed by atoms with Gasteiger partial charge in [-0.05, 0) is 49.0 Å². The molecule has 1 aromatic carbocycles. The molecule has 116 valence electrons. The fraction of sp³-hybridized carbons (Fsp3) is 0.684. The van der Waals surface area contributed by atoms with Crippen molar-refractivity contribution < 1.29 is 0 Å². The molecule has 0 bridgehead atoms. The Morgan fingerprint density at radius 1 is 0.905 bits per heavy atom. The molecule has 2 aliphatic heterocycles. The predicted octanol–water partition coefficient (Wildman–Crippen LogP) is 3.83. The number of hydrogen-bond donors (Lipinski definition) is 0. The van der Waals surface area contributed by atoms with Crippen molar-refractivity contribution in [1.82, 2.24) is 10.0 Å². The van der Waals surface area contributed by atoms with Gasteiger partial charge in [0.05, 0.1) is 0 Å². The largest absolute Gasteiger partial charge is 0.242 e. The summed E-state index contributed by atoms with van der Waals surface area (Å²) in [5.41, 5.74) is 1.51. The van der Waals surface area contributed by atoms with Gasteiger partial charge in [0.15, 0.2) is 0 Å². The van der Waals surface area contributed by atoms with Crippen molar-refractivity contribution in [3.8, 4) is 0 Å². The first-order valence-corrected chi connectivity index (χ1v) is 8.74. The van der Waals surface area contributed by atoms with E-state index in [0.717, 1.165) is 17.8 Å². The topological polar surface area (TPSA) is 6.48 Å². The van der Waals surface area contributed by atoms with Crippen LogP contribution in [0, 0.1) is 17.8 Å². The van der Waals surface area contributed by atoms with Crippen LogP contribution in [0.5, 0.6) is 0 Å². The summed E-state index contributed by atoms with van der Waals surface area (Å²) < 4.78 is 0. The molecule has 2 saturated heterocycles. The van der Waals surface area contributed by atoms with Crippen molar-refractivity contribution >= 4 is 0 Å². The first kappa shape index (κ1) is 15.1. The van der Waals surface area contributed by atoms with E-state index in [-0.39, 0.29) is 0 Å². The highest BCUT2D eigenvalue weighted by Gasteiger charge is 2.28. The maximum atomic E-state index is 2.65. The Morgan fingerprint density at radius 2 is 1.52 bits per heavy atom. The Balaban J connectivity index is 1.48. The van der Waals surface area contributed by atoms with Gasteiger partial charge in [0.1, 0.15) is 0 Å². The van der Waals surface area contributed by atoms with Crippen molar-refractivity contribution in [3.63, 3.8) is 0 Å². The van der Waals surface area contributed by atoms with Gasteiger partial charge >= 0.3 is 0 Å². The molecule has 2 unspecified atom stereocenters. The van der Waals surface area contributed by atoms with Gasteiger partial charge in [-0.3, -0.25) is 0 Å². The number of piperidine rings is 2. The highest BCUT2D eigenvalue weighted by Crippen LogP contribution is 2.27. The molecule has 0 radical (unpaired) electrons. The Morgan fingerprint density at radius 3 is 2.14 bits per heavy atom. The van der Waals surface area contributed by atoms with Gasteiger partial charge < -0.3 is 0 Å². The van der Waals surface area contributed by atoms with Gasteiger partial charge in [0.2, 0.25) is 0 Å². The first-order chi connectivity index (χ1) is 10.2. The second-order valence-corrected chi connectivity index (χ2v) is 7.40. The van der Waals surface area contributed by atoms with Gasteiger partial charge in [-0.2, -0.15) is 0 Å². The van der Waals surface area contributed by atoms with E-state index in [9.17, 15) is 0 Å². The van der Waals surface area contributed by atoms with E-state index in [2.05, 4.69) is 54.2 Å². The molecular formula is C19H30N2. The normalized spacial score (nSPS) is 29.6. The Bertz CT molecular complexity index is 412. The third-order valence-electron chi connectivity index (χ3n) is 5.21. The van der Waals surface area contributed by atoms with Crippen LogP contribution in [0.15, 0.2) is 30.3 Å². The van der Waals surface area contributed by atoms with Gasteiger partial charge in [0.25, 0.3) is 0 Å². The Labute approximate surface area is 130 Å². The molecular weight excluding hydrogens is 256 g/mol. The highest BCUT2D eigenvalue weighted by atomic mass is 15.6. The number of rotatable bonds is 3. The average molecular weight is 286 g/mol. The molecule has 2 heteroatoms. The van der Waals surface area contributed by atoms with Crippen LogP contribution in [0.25, 0.3) is 0 Å². The summed E-state index contributed by atoms with van der Waals surface area (Å²) in [5, 5.41) is 5.30. The zero-order valence-corrected chi connectivity index (χ0v) is 13.7. The summed E-state index contributed by atoms with van der Waals surface area (Å²) in [6.07, 6.45) is 5.38. The minimum absolute atomic E-state index is 0.857. The summed E-state index contributed by atoms with van der Waals surface area (Å²) >= 11 is 0. The molecule has 2 nitrogen and oxygen atoms in total. The summed E-state index contributed by atoms with van der Waals surface area (Å²) in [7, 11) is 0. The lowest BCUT2D eigenvalue weighted by molar-refractivity contribution is -0.0849. The van der Waals surface area contributed by atoms with E-state index in [4.69, 9.17) is 0 Å². The predicted molar refractivity (Wildman–Crippen MR) is 89.0 cm³/mol. The lowest BCUT2D eigenvalue weighted by Gasteiger charge is -2.45. The summed E-state index contributed by atoms with van der Waals surface area (Å²) in [6, 6.07) is 11.0. The molecule has 2 atom stereocenters. The lowest BCUT2D eigenvalue weighted by Crippen LogP contribution is -2.52. The monoisotopic (exact) mass is 286 g/mol. The molecule has 2 heterocycles.